The summed E-state index contributed by atoms with van der Waals surface area (Å²) in [6.07, 6.45) is 5.82. The lowest BCUT2D eigenvalue weighted by Crippen LogP contribution is -2.18. The Kier molecular flexibility index (Phi) is 7.93. The average molecular weight is 253 g/mol. The summed E-state index contributed by atoms with van der Waals surface area (Å²) in [5.41, 5.74) is 1.33. The van der Waals surface area contributed by atoms with Crippen LogP contribution in [0.1, 0.15) is 18.4 Å². The van der Waals surface area contributed by atoms with Crippen molar-refractivity contribution < 1.29 is 4.74 Å². The molecule has 2 nitrogen and oxygen atoms in total. The van der Waals surface area contributed by atoms with E-state index in [0.29, 0.717) is 0 Å². The number of thioether (sulfide) groups is 1. The van der Waals surface area contributed by atoms with Crippen molar-refractivity contribution >= 4 is 11.8 Å². The number of ether oxygens (including phenoxy) is 1. The van der Waals surface area contributed by atoms with Gasteiger partial charge in [0.25, 0.3) is 0 Å². The Bertz CT molecular complexity index is 304. The molecular formula is C14H23NOS. The molecule has 1 rings (SSSR count). The van der Waals surface area contributed by atoms with E-state index in [1.165, 1.54) is 24.2 Å². The molecule has 0 amide bonds. The summed E-state index contributed by atoms with van der Waals surface area (Å²) in [6.45, 7) is 2.18. The van der Waals surface area contributed by atoms with Crippen molar-refractivity contribution in [3.8, 4) is 5.75 Å². The highest BCUT2D eigenvalue weighted by atomic mass is 32.2. The summed E-state index contributed by atoms with van der Waals surface area (Å²) >= 11 is 1.92. The fourth-order valence-corrected chi connectivity index (χ4v) is 2.17. The molecule has 0 aromatic heterocycles. The third-order valence-corrected chi connectivity index (χ3v) is 3.37. The number of rotatable bonds is 9. The first-order chi connectivity index (χ1) is 8.36. The predicted molar refractivity (Wildman–Crippen MR) is 77.2 cm³/mol. The highest BCUT2D eigenvalue weighted by Crippen LogP contribution is 2.12. The topological polar surface area (TPSA) is 21.3 Å². The molecule has 96 valence electrons. The van der Waals surface area contributed by atoms with Crippen LogP contribution >= 0.6 is 11.8 Å². The molecule has 0 saturated heterocycles. The molecule has 0 atom stereocenters. The lowest BCUT2D eigenvalue weighted by molar-refractivity contribution is 0.414. The largest absolute Gasteiger partial charge is 0.497 e. The Morgan fingerprint density at radius 3 is 2.88 bits per heavy atom. The molecule has 0 aliphatic heterocycles. The Morgan fingerprint density at radius 2 is 2.12 bits per heavy atom. The van der Waals surface area contributed by atoms with E-state index in [1.54, 1.807) is 7.11 Å². The van der Waals surface area contributed by atoms with Crippen molar-refractivity contribution in [3.63, 3.8) is 0 Å². The highest BCUT2D eigenvalue weighted by Gasteiger charge is 1.95. The zero-order valence-corrected chi connectivity index (χ0v) is 11.7. The molecule has 1 aromatic carbocycles. The molecule has 1 aromatic rings. The van der Waals surface area contributed by atoms with Crippen molar-refractivity contribution in [2.24, 2.45) is 0 Å². The van der Waals surface area contributed by atoms with Crippen molar-refractivity contribution in [1.29, 1.82) is 0 Å². The van der Waals surface area contributed by atoms with Gasteiger partial charge in [0.05, 0.1) is 7.11 Å². The standard InChI is InChI=1S/C14H23NOS/c1-16-14-7-5-6-13(12-14)8-10-15-9-3-4-11-17-2/h5-7,12,15H,3-4,8-11H2,1-2H3. The van der Waals surface area contributed by atoms with Gasteiger partial charge in [0, 0.05) is 0 Å². The summed E-state index contributed by atoms with van der Waals surface area (Å²) in [5, 5.41) is 3.48. The summed E-state index contributed by atoms with van der Waals surface area (Å²) < 4.78 is 5.20. The lowest BCUT2D eigenvalue weighted by atomic mass is 10.1. The van der Waals surface area contributed by atoms with E-state index < -0.39 is 0 Å². The third-order valence-electron chi connectivity index (χ3n) is 2.68. The van der Waals surface area contributed by atoms with Gasteiger partial charge in [0.2, 0.25) is 0 Å². The van der Waals surface area contributed by atoms with Crippen molar-refractivity contribution in [3.05, 3.63) is 29.8 Å². The average Bonchev–Trinajstić information content (AvgIpc) is 2.38. The first-order valence-corrected chi connectivity index (χ1v) is 7.59. The van der Waals surface area contributed by atoms with Gasteiger partial charge >= 0.3 is 0 Å². The normalized spacial score (nSPS) is 10.5. The van der Waals surface area contributed by atoms with Crippen LogP contribution in [-0.4, -0.2) is 32.2 Å². The fourth-order valence-electron chi connectivity index (χ4n) is 1.68. The summed E-state index contributed by atoms with van der Waals surface area (Å²) in [4.78, 5) is 0. The second kappa shape index (κ2) is 9.37. The van der Waals surface area contributed by atoms with Crippen molar-refractivity contribution in [1.82, 2.24) is 5.32 Å². The van der Waals surface area contributed by atoms with Gasteiger partial charge in [-0.3, -0.25) is 0 Å². The number of hydrogen-bond donors (Lipinski definition) is 1. The molecule has 1 N–H and O–H groups in total. The van der Waals surface area contributed by atoms with Crippen molar-refractivity contribution in [2.75, 3.05) is 32.2 Å². The minimum absolute atomic E-state index is 0.947. The summed E-state index contributed by atoms with van der Waals surface area (Å²) in [5.74, 6) is 2.22. The molecule has 0 radical (unpaired) electrons. The quantitative estimate of drug-likeness (QED) is 0.684. The van der Waals surface area contributed by atoms with Crippen molar-refractivity contribution in [2.45, 2.75) is 19.3 Å². The maximum atomic E-state index is 5.20. The first kappa shape index (κ1) is 14.4. The zero-order chi connectivity index (χ0) is 12.3. The second-order valence-electron chi connectivity index (χ2n) is 4.05. The fraction of sp³-hybridized carbons (Fsp3) is 0.571. The molecule has 0 unspecified atom stereocenters. The van der Waals surface area contributed by atoms with E-state index in [1.807, 2.05) is 23.9 Å². The van der Waals surface area contributed by atoms with E-state index in [9.17, 15) is 0 Å². The Labute approximate surface area is 109 Å². The summed E-state index contributed by atoms with van der Waals surface area (Å²) in [6, 6.07) is 8.29. The number of nitrogens with one attached hydrogen (secondary N) is 1. The second-order valence-corrected chi connectivity index (χ2v) is 5.04. The Morgan fingerprint density at radius 1 is 1.24 bits per heavy atom. The van der Waals surface area contributed by atoms with Crippen LogP contribution in [0.4, 0.5) is 0 Å². The van der Waals surface area contributed by atoms with E-state index in [-0.39, 0.29) is 0 Å². The van der Waals surface area contributed by atoms with E-state index in [4.69, 9.17) is 4.74 Å². The van der Waals surface area contributed by atoms with Gasteiger partial charge in [0.15, 0.2) is 0 Å². The van der Waals surface area contributed by atoms with Crippen LogP contribution in [-0.2, 0) is 6.42 Å². The molecule has 3 heteroatoms. The molecule has 0 aliphatic carbocycles. The molecular weight excluding hydrogens is 230 g/mol. The lowest BCUT2D eigenvalue weighted by Gasteiger charge is -2.06. The summed E-state index contributed by atoms with van der Waals surface area (Å²) in [7, 11) is 1.71. The van der Waals surface area contributed by atoms with Gasteiger partial charge in [-0.1, -0.05) is 12.1 Å². The van der Waals surface area contributed by atoms with Crippen LogP contribution in [0.2, 0.25) is 0 Å². The van der Waals surface area contributed by atoms with Crippen LogP contribution < -0.4 is 10.1 Å². The van der Waals surface area contributed by atoms with Crippen LogP contribution in [0, 0.1) is 0 Å². The molecule has 0 bridgehead atoms. The first-order valence-electron chi connectivity index (χ1n) is 6.19. The molecule has 17 heavy (non-hydrogen) atoms. The molecule has 0 saturated carbocycles. The molecule has 0 aliphatic rings. The number of hydrogen-bond acceptors (Lipinski definition) is 3. The van der Waals surface area contributed by atoms with Crippen LogP contribution in [0.3, 0.4) is 0 Å². The SMILES string of the molecule is COc1cccc(CCNCCCCSC)c1. The Balaban J connectivity index is 2.09. The monoisotopic (exact) mass is 253 g/mol. The van der Waals surface area contributed by atoms with Gasteiger partial charge in [-0.25, -0.2) is 0 Å². The third kappa shape index (κ3) is 6.59. The Hall–Kier alpha value is -0.670. The van der Waals surface area contributed by atoms with Crippen LogP contribution in [0.15, 0.2) is 24.3 Å². The predicted octanol–water partition coefficient (Wildman–Crippen LogP) is 2.97. The van der Waals surface area contributed by atoms with E-state index in [2.05, 4.69) is 23.7 Å². The number of benzene rings is 1. The number of unbranched alkanes of at least 4 members (excludes halogenated alkanes) is 1. The van der Waals surface area contributed by atoms with Gasteiger partial charge in [-0.15, -0.1) is 0 Å². The number of methoxy groups -OCH3 is 1. The molecule has 0 spiro atoms. The van der Waals surface area contributed by atoms with Gasteiger partial charge in [0.1, 0.15) is 5.75 Å². The van der Waals surface area contributed by atoms with Gasteiger partial charge in [-0.2, -0.15) is 11.8 Å². The van der Waals surface area contributed by atoms with E-state index in [0.717, 1.165) is 25.3 Å². The highest BCUT2D eigenvalue weighted by molar-refractivity contribution is 7.98. The van der Waals surface area contributed by atoms with Gasteiger partial charge < -0.3 is 10.1 Å². The maximum absolute atomic E-state index is 5.20. The minimum atomic E-state index is 0.947. The smallest absolute Gasteiger partial charge is 0.119 e. The molecule has 0 fully saturated rings. The maximum Gasteiger partial charge on any atom is 0.119 e. The zero-order valence-electron chi connectivity index (χ0n) is 10.9. The van der Waals surface area contributed by atoms with E-state index >= 15 is 0 Å². The minimum Gasteiger partial charge on any atom is -0.497 e. The van der Waals surface area contributed by atoms with Gasteiger partial charge in [-0.05, 0) is 62.1 Å². The van der Waals surface area contributed by atoms with Crippen LogP contribution in [0.25, 0.3) is 0 Å². The van der Waals surface area contributed by atoms with Crippen LogP contribution in [0.5, 0.6) is 5.75 Å². The molecule has 0 heterocycles.